The van der Waals surface area contributed by atoms with Gasteiger partial charge in [-0.15, -0.1) is 0 Å². The number of nitrogens with zero attached hydrogens (tertiary/aromatic N) is 1. The Morgan fingerprint density at radius 3 is 2.27 bits per heavy atom. The quantitative estimate of drug-likeness (QED) is 0.363. The molecule has 1 spiro atoms. The van der Waals surface area contributed by atoms with Gasteiger partial charge >= 0.3 is 27.1 Å². The lowest BCUT2D eigenvalue weighted by Gasteiger charge is -2.53. The Balaban J connectivity index is 1.63. The Bertz CT molecular complexity index is 319. The first-order chi connectivity index (χ1) is 6.93. The van der Waals surface area contributed by atoms with E-state index in [1.165, 1.54) is 4.57 Å². The van der Waals surface area contributed by atoms with E-state index in [4.69, 9.17) is 17.8 Å². The van der Waals surface area contributed by atoms with Crippen LogP contribution in [0.2, 0.25) is 0 Å². The molecular formula is C3H8N2O7Si3. The molecule has 3 rings (SSSR count). The Kier molecular flexibility index (Phi) is 1.77. The van der Waals surface area contributed by atoms with E-state index in [1.807, 2.05) is 0 Å². The van der Waals surface area contributed by atoms with Gasteiger partial charge in [-0.3, -0.25) is 0 Å². The molecule has 2 saturated heterocycles. The van der Waals surface area contributed by atoms with Crippen LogP contribution in [0.5, 0.6) is 0 Å². The van der Waals surface area contributed by atoms with Crippen molar-refractivity contribution in [1.29, 1.82) is 0 Å². The molecule has 9 nitrogen and oxygen atoms in total. The summed E-state index contributed by atoms with van der Waals surface area (Å²) in [5, 5.41) is 2.83. The Labute approximate surface area is 87.5 Å². The summed E-state index contributed by atoms with van der Waals surface area (Å²) in [6.07, 6.45) is 3.21. The summed E-state index contributed by atoms with van der Waals surface area (Å²) in [5.41, 5.74) is 0. The van der Waals surface area contributed by atoms with Crippen molar-refractivity contribution in [3.8, 4) is 0 Å². The molecule has 3 heterocycles. The van der Waals surface area contributed by atoms with Crippen molar-refractivity contribution in [2.45, 2.75) is 0 Å². The van der Waals surface area contributed by atoms with Gasteiger partial charge < -0.3 is 40.7 Å². The lowest BCUT2D eigenvalue weighted by Crippen LogP contribution is -2.88. The Morgan fingerprint density at radius 2 is 1.80 bits per heavy atom. The fraction of sp³-hybridized carbons (Fsp3) is 0.333. The molecule has 0 aromatic carbocycles. The van der Waals surface area contributed by atoms with Crippen LogP contribution in [-0.2, 0) is 16.5 Å². The molecular weight excluding hydrogens is 260 g/mol. The molecule has 0 atom stereocenters. The van der Waals surface area contributed by atoms with Gasteiger partial charge in [-0.2, -0.15) is 0 Å². The van der Waals surface area contributed by atoms with E-state index in [9.17, 15) is 4.80 Å². The van der Waals surface area contributed by atoms with Gasteiger partial charge in [0.1, 0.15) is 0 Å². The monoisotopic (exact) mass is 268 g/mol. The van der Waals surface area contributed by atoms with Crippen LogP contribution in [0.3, 0.4) is 0 Å². The van der Waals surface area contributed by atoms with Crippen molar-refractivity contribution in [2.75, 3.05) is 6.67 Å². The van der Waals surface area contributed by atoms with Gasteiger partial charge in [-0.1, -0.05) is 0 Å². The Hall–Kier alpha value is -0.289. The largest absolute Gasteiger partial charge is 0.662 e. The standard InChI is InChI=1S/C3H8N2O7Si3/c6-13(5-2-1-4-3-5)9-15(10-13)11-14(7,8)12-15/h1-2,4,6-8H,3H2. The fourth-order valence-corrected chi connectivity index (χ4v) is 10.4. The van der Waals surface area contributed by atoms with Crippen molar-refractivity contribution >= 4 is 27.1 Å². The van der Waals surface area contributed by atoms with Crippen molar-refractivity contribution in [3.63, 3.8) is 0 Å². The van der Waals surface area contributed by atoms with E-state index in [0.717, 1.165) is 0 Å². The minimum Gasteiger partial charge on any atom is -0.373 e. The first kappa shape index (κ1) is 9.90. The number of nitrogens with one attached hydrogen (secondary N) is 1. The van der Waals surface area contributed by atoms with Gasteiger partial charge in [0, 0.05) is 12.4 Å². The molecule has 84 valence electrons. The third-order valence-electron chi connectivity index (χ3n) is 2.03. The molecule has 0 amide bonds. The van der Waals surface area contributed by atoms with Crippen LogP contribution in [-0.4, -0.2) is 52.7 Å². The molecule has 3 aliphatic heterocycles. The van der Waals surface area contributed by atoms with Crippen LogP contribution in [0, 0.1) is 0 Å². The SMILES string of the molecule is O[Si]1(O)O[Si]2(O1)O[Si](O)(N1C=CNC1)O2. The van der Waals surface area contributed by atoms with E-state index >= 15 is 0 Å². The zero-order chi connectivity index (χ0) is 10.7. The molecule has 0 aromatic heterocycles. The first-order valence-corrected chi connectivity index (χ1v) is 9.13. The molecule has 3 aliphatic rings. The highest BCUT2D eigenvalue weighted by atomic mass is 28.6. The van der Waals surface area contributed by atoms with Crippen LogP contribution in [0.4, 0.5) is 0 Å². The third-order valence-corrected chi connectivity index (χ3v) is 11.3. The predicted octanol–water partition coefficient (Wildman–Crippen LogP) is -3.30. The molecule has 0 bridgehead atoms. The second-order valence-electron chi connectivity index (χ2n) is 3.15. The first-order valence-electron chi connectivity index (χ1n) is 4.08. The maximum Gasteiger partial charge on any atom is 0.662 e. The molecule has 4 N–H and O–H groups in total. The van der Waals surface area contributed by atoms with Gasteiger partial charge in [0.2, 0.25) is 0 Å². The van der Waals surface area contributed by atoms with Gasteiger partial charge in [-0.05, 0) is 0 Å². The number of hydrogen-bond acceptors (Lipinski definition) is 9. The second kappa shape index (κ2) is 2.69. The third kappa shape index (κ3) is 1.40. The molecule has 0 radical (unpaired) electrons. The van der Waals surface area contributed by atoms with Gasteiger partial charge in [0.05, 0.1) is 6.67 Å². The zero-order valence-corrected chi connectivity index (χ0v) is 10.3. The summed E-state index contributed by atoms with van der Waals surface area (Å²) in [6.45, 7) is 0.369. The molecule has 0 aromatic rings. The number of rotatable bonds is 1. The van der Waals surface area contributed by atoms with Gasteiger partial charge in [0.25, 0.3) is 0 Å². The van der Waals surface area contributed by atoms with Crippen molar-refractivity contribution < 1.29 is 30.8 Å². The average molecular weight is 268 g/mol. The smallest absolute Gasteiger partial charge is 0.373 e. The minimum atomic E-state index is -3.99. The molecule has 2 fully saturated rings. The van der Waals surface area contributed by atoms with Crippen LogP contribution in [0.25, 0.3) is 0 Å². The zero-order valence-electron chi connectivity index (χ0n) is 7.28. The van der Waals surface area contributed by atoms with E-state index in [2.05, 4.69) is 13.5 Å². The maximum atomic E-state index is 9.84. The highest BCUT2D eigenvalue weighted by Crippen LogP contribution is 2.41. The summed E-state index contributed by atoms with van der Waals surface area (Å²) >= 11 is 0. The fourth-order valence-electron chi connectivity index (χ4n) is 1.41. The van der Waals surface area contributed by atoms with Crippen molar-refractivity contribution in [2.24, 2.45) is 0 Å². The summed E-state index contributed by atoms with van der Waals surface area (Å²) < 4.78 is 20.9. The molecule has 15 heavy (non-hydrogen) atoms. The molecule has 0 unspecified atom stereocenters. The van der Waals surface area contributed by atoms with E-state index < -0.39 is 27.1 Å². The molecule has 0 saturated carbocycles. The van der Waals surface area contributed by atoms with E-state index in [1.54, 1.807) is 12.4 Å². The summed E-state index contributed by atoms with van der Waals surface area (Å²) in [6, 6.07) is 0. The van der Waals surface area contributed by atoms with Crippen LogP contribution in [0.15, 0.2) is 12.4 Å². The lowest BCUT2D eigenvalue weighted by atomic mass is 11.0. The van der Waals surface area contributed by atoms with Gasteiger partial charge in [0.15, 0.2) is 0 Å². The average Bonchev–Trinajstić information content (AvgIpc) is 2.48. The minimum absolute atomic E-state index is 0.369. The van der Waals surface area contributed by atoms with Gasteiger partial charge in [-0.25, -0.2) is 0 Å². The van der Waals surface area contributed by atoms with Crippen LogP contribution in [0.1, 0.15) is 0 Å². The normalized spacial score (nSPS) is 33.4. The second-order valence-corrected chi connectivity index (χ2v) is 10.2. The summed E-state index contributed by atoms with van der Waals surface area (Å²) in [4.78, 5) is 27.6. The van der Waals surface area contributed by atoms with Crippen molar-refractivity contribution in [3.05, 3.63) is 12.4 Å². The Morgan fingerprint density at radius 1 is 1.13 bits per heavy atom. The molecule has 0 aliphatic carbocycles. The summed E-state index contributed by atoms with van der Waals surface area (Å²) in [7, 11) is -10.8. The molecule has 12 heteroatoms. The lowest BCUT2D eigenvalue weighted by molar-refractivity contribution is -0.110. The van der Waals surface area contributed by atoms with E-state index in [-0.39, 0.29) is 0 Å². The number of hydrogen-bond donors (Lipinski definition) is 4. The highest BCUT2D eigenvalue weighted by Gasteiger charge is 2.84. The maximum absolute atomic E-state index is 9.84. The highest BCUT2D eigenvalue weighted by molar-refractivity contribution is 6.93. The summed E-state index contributed by atoms with van der Waals surface area (Å²) in [5.74, 6) is 0. The topological polar surface area (TPSA) is 113 Å². The van der Waals surface area contributed by atoms with E-state index in [0.29, 0.717) is 6.67 Å². The van der Waals surface area contributed by atoms with Crippen molar-refractivity contribution in [1.82, 2.24) is 9.88 Å². The predicted molar refractivity (Wildman–Crippen MR) is 47.2 cm³/mol. The van der Waals surface area contributed by atoms with Crippen LogP contribution < -0.4 is 5.32 Å². The van der Waals surface area contributed by atoms with Crippen LogP contribution >= 0.6 is 0 Å².